The molecule has 0 aliphatic carbocycles. The van der Waals surface area contributed by atoms with Crippen molar-refractivity contribution in [3.05, 3.63) is 90.3 Å². The largest absolute Gasteiger partial charge is 0.225 e. The molecule has 3 aromatic rings. The Labute approximate surface area is 112 Å². The Morgan fingerprint density at radius 3 is 1.58 bits per heavy atom. The first-order chi connectivity index (χ1) is 9.45. The van der Waals surface area contributed by atoms with Crippen LogP contribution in [0.2, 0.25) is 0 Å². The molecule has 0 unspecified atom stereocenters. The van der Waals surface area contributed by atoms with Gasteiger partial charge in [0.05, 0.1) is 5.92 Å². The van der Waals surface area contributed by atoms with Crippen molar-refractivity contribution in [2.45, 2.75) is 5.92 Å². The van der Waals surface area contributed by atoms with Crippen molar-refractivity contribution in [3.63, 3.8) is 0 Å². The molecular weight excluding hydrogens is 234 g/mol. The zero-order chi connectivity index (χ0) is 12.9. The fourth-order valence-electron chi connectivity index (χ4n) is 2.18. The molecule has 0 fully saturated rings. The van der Waals surface area contributed by atoms with Crippen LogP contribution in [0.4, 0.5) is 0 Å². The molecule has 3 nitrogen and oxygen atoms in total. The highest BCUT2D eigenvalue weighted by molar-refractivity contribution is 5.37. The number of hydrogen-bond donors (Lipinski definition) is 0. The van der Waals surface area contributed by atoms with Gasteiger partial charge in [-0.25, -0.2) is 15.0 Å². The molecule has 0 atom stereocenters. The van der Waals surface area contributed by atoms with Crippen molar-refractivity contribution < 1.29 is 0 Å². The van der Waals surface area contributed by atoms with Crippen LogP contribution in [-0.4, -0.2) is 15.0 Å². The van der Waals surface area contributed by atoms with E-state index in [1.54, 1.807) is 12.7 Å². The normalized spacial score (nSPS) is 10.6. The monoisotopic (exact) mass is 247 g/mol. The van der Waals surface area contributed by atoms with Gasteiger partial charge in [0, 0.05) is 0 Å². The fraction of sp³-hybridized carbons (Fsp3) is 0.0625. The molecule has 0 saturated heterocycles. The van der Waals surface area contributed by atoms with Gasteiger partial charge in [0.2, 0.25) is 0 Å². The number of rotatable bonds is 3. The molecule has 0 N–H and O–H groups in total. The Morgan fingerprint density at radius 1 is 0.632 bits per heavy atom. The molecule has 0 saturated carbocycles. The van der Waals surface area contributed by atoms with Crippen molar-refractivity contribution in [3.8, 4) is 0 Å². The summed E-state index contributed by atoms with van der Waals surface area (Å²) in [4.78, 5) is 12.5. The maximum absolute atomic E-state index is 4.31. The maximum atomic E-state index is 4.31. The summed E-state index contributed by atoms with van der Waals surface area (Å²) in [6.07, 6.45) is 3.09. The second kappa shape index (κ2) is 5.40. The smallest absolute Gasteiger partial charge is 0.143 e. The number of nitrogens with zero attached hydrogens (tertiary/aromatic N) is 3. The van der Waals surface area contributed by atoms with Gasteiger partial charge >= 0.3 is 0 Å². The molecule has 0 spiro atoms. The molecule has 1 aromatic heterocycles. The van der Waals surface area contributed by atoms with Crippen molar-refractivity contribution in [2.24, 2.45) is 0 Å². The summed E-state index contributed by atoms with van der Waals surface area (Å²) in [5.74, 6) is 0.817. The summed E-state index contributed by atoms with van der Waals surface area (Å²) in [6.45, 7) is 0. The summed E-state index contributed by atoms with van der Waals surface area (Å²) in [5.41, 5.74) is 2.36. The third-order valence-corrected chi connectivity index (χ3v) is 3.04. The third-order valence-electron chi connectivity index (χ3n) is 3.04. The van der Waals surface area contributed by atoms with E-state index >= 15 is 0 Å². The highest BCUT2D eigenvalue weighted by Crippen LogP contribution is 2.28. The molecule has 0 bridgehead atoms. The van der Waals surface area contributed by atoms with Gasteiger partial charge in [0.15, 0.2) is 0 Å². The zero-order valence-electron chi connectivity index (χ0n) is 10.3. The molecule has 0 aliphatic heterocycles. The zero-order valence-corrected chi connectivity index (χ0v) is 10.3. The van der Waals surface area contributed by atoms with E-state index in [0.717, 1.165) is 5.82 Å². The quantitative estimate of drug-likeness (QED) is 0.714. The van der Waals surface area contributed by atoms with Gasteiger partial charge < -0.3 is 0 Å². The van der Waals surface area contributed by atoms with E-state index in [4.69, 9.17) is 0 Å². The molecule has 0 amide bonds. The van der Waals surface area contributed by atoms with Crippen LogP contribution in [0.15, 0.2) is 73.3 Å². The van der Waals surface area contributed by atoms with E-state index in [9.17, 15) is 0 Å². The van der Waals surface area contributed by atoms with Gasteiger partial charge in [-0.15, -0.1) is 0 Å². The average molecular weight is 247 g/mol. The number of aromatic nitrogens is 3. The van der Waals surface area contributed by atoms with E-state index in [1.165, 1.54) is 11.1 Å². The van der Waals surface area contributed by atoms with Crippen LogP contribution in [0.1, 0.15) is 22.9 Å². The second-order valence-corrected chi connectivity index (χ2v) is 4.25. The topological polar surface area (TPSA) is 38.7 Å². The van der Waals surface area contributed by atoms with E-state index in [-0.39, 0.29) is 5.92 Å². The first-order valence-corrected chi connectivity index (χ1v) is 6.17. The Morgan fingerprint density at radius 2 is 1.11 bits per heavy atom. The SMILES string of the molecule is c1ccc(C(c2ccccc2)c2ncncn2)cc1. The van der Waals surface area contributed by atoms with Crippen molar-refractivity contribution in [2.75, 3.05) is 0 Å². The Bertz CT molecular complexity index is 530. The van der Waals surface area contributed by atoms with Crippen LogP contribution in [0.5, 0.6) is 0 Å². The van der Waals surface area contributed by atoms with Gasteiger partial charge in [-0.05, 0) is 11.1 Å². The molecule has 19 heavy (non-hydrogen) atoms. The molecular formula is C16H13N3. The van der Waals surface area contributed by atoms with Gasteiger partial charge in [-0.3, -0.25) is 0 Å². The summed E-state index contributed by atoms with van der Waals surface area (Å²) >= 11 is 0. The van der Waals surface area contributed by atoms with E-state index in [2.05, 4.69) is 39.2 Å². The lowest BCUT2D eigenvalue weighted by Gasteiger charge is -2.16. The van der Waals surface area contributed by atoms with Crippen molar-refractivity contribution >= 4 is 0 Å². The molecule has 3 heteroatoms. The van der Waals surface area contributed by atoms with Crippen LogP contribution >= 0.6 is 0 Å². The van der Waals surface area contributed by atoms with Gasteiger partial charge in [0.25, 0.3) is 0 Å². The van der Waals surface area contributed by atoms with Crippen LogP contribution in [0, 0.1) is 0 Å². The Balaban J connectivity index is 2.12. The minimum atomic E-state index is 0.0467. The Kier molecular flexibility index (Phi) is 3.28. The minimum absolute atomic E-state index is 0.0467. The standard InChI is InChI=1S/C16H13N3/c1-3-7-13(8-4-1)15(14-9-5-2-6-10-14)16-18-11-17-12-19-16/h1-12,15H. The Hall–Kier alpha value is -2.55. The lowest BCUT2D eigenvalue weighted by atomic mass is 9.90. The summed E-state index contributed by atoms with van der Waals surface area (Å²) < 4.78 is 0. The second-order valence-electron chi connectivity index (χ2n) is 4.25. The maximum Gasteiger partial charge on any atom is 0.143 e. The van der Waals surface area contributed by atoms with E-state index in [1.807, 2.05) is 36.4 Å². The van der Waals surface area contributed by atoms with E-state index in [0.29, 0.717) is 0 Å². The lowest BCUT2D eigenvalue weighted by Crippen LogP contribution is -2.07. The molecule has 1 heterocycles. The van der Waals surface area contributed by atoms with Gasteiger partial charge in [-0.2, -0.15) is 0 Å². The third kappa shape index (κ3) is 2.50. The summed E-state index contributed by atoms with van der Waals surface area (Å²) in [6, 6.07) is 20.6. The summed E-state index contributed by atoms with van der Waals surface area (Å²) in [5, 5.41) is 0. The minimum Gasteiger partial charge on any atom is -0.225 e. The van der Waals surface area contributed by atoms with Crippen LogP contribution in [-0.2, 0) is 0 Å². The predicted octanol–water partition coefficient (Wildman–Crippen LogP) is 3.05. The van der Waals surface area contributed by atoms with Crippen molar-refractivity contribution in [1.82, 2.24) is 15.0 Å². The molecule has 3 rings (SSSR count). The molecule has 92 valence electrons. The van der Waals surface area contributed by atoms with Crippen LogP contribution < -0.4 is 0 Å². The fourth-order valence-corrected chi connectivity index (χ4v) is 2.18. The highest BCUT2D eigenvalue weighted by Gasteiger charge is 2.18. The van der Waals surface area contributed by atoms with Crippen molar-refractivity contribution in [1.29, 1.82) is 0 Å². The first-order valence-electron chi connectivity index (χ1n) is 6.17. The summed E-state index contributed by atoms with van der Waals surface area (Å²) in [7, 11) is 0. The lowest BCUT2D eigenvalue weighted by molar-refractivity contribution is 0.830. The van der Waals surface area contributed by atoms with Gasteiger partial charge in [0.1, 0.15) is 18.5 Å². The van der Waals surface area contributed by atoms with Crippen LogP contribution in [0.25, 0.3) is 0 Å². The molecule has 0 aliphatic rings. The number of benzene rings is 2. The molecule has 0 radical (unpaired) electrons. The van der Waals surface area contributed by atoms with Gasteiger partial charge in [-0.1, -0.05) is 60.7 Å². The highest BCUT2D eigenvalue weighted by atomic mass is 15.0. The first kappa shape index (κ1) is 11.5. The predicted molar refractivity (Wildman–Crippen MR) is 73.7 cm³/mol. The molecule has 2 aromatic carbocycles. The average Bonchev–Trinajstić information content (AvgIpc) is 2.51. The number of hydrogen-bond acceptors (Lipinski definition) is 3. The van der Waals surface area contributed by atoms with E-state index < -0.39 is 0 Å². The van der Waals surface area contributed by atoms with Crippen LogP contribution in [0.3, 0.4) is 0 Å².